The maximum absolute atomic E-state index is 12.8. The summed E-state index contributed by atoms with van der Waals surface area (Å²) in [5.74, 6) is -0.167. The number of rotatable bonds is 5. The van der Waals surface area contributed by atoms with Gasteiger partial charge in [-0.05, 0) is 30.3 Å². The van der Waals surface area contributed by atoms with Gasteiger partial charge >= 0.3 is 6.18 Å². The largest absolute Gasteiger partial charge is 0.416 e. The average molecular weight is 430 g/mol. The number of aromatic nitrogens is 2. The van der Waals surface area contributed by atoms with Crippen molar-refractivity contribution in [1.82, 2.24) is 10.1 Å². The van der Waals surface area contributed by atoms with E-state index in [9.17, 15) is 18.0 Å². The Morgan fingerprint density at radius 3 is 2.61 bits per heavy atom. The number of anilines is 1. The number of nitrogens with zero attached hydrogens (tertiary/aromatic N) is 2. The molecule has 10 heteroatoms. The lowest BCUT2D eigenvalue weighted by molar-refractivity contribution is -0.137. The maximum Gasteiger partial charge on any atom is 0.416 e. The third kappa shape index (κ3) is 5.02. The van der Waals surface area contributed by atoms with Crippen molar-refractivity contribution in [2.24, 2.45) is 0 Å². The number of carbonyl (C=O) groups excluding carboxylic acids is 1. The third-order valence-electron chi connectivity index (χ3n) is 3.69. The van der Waals surface area contributed by atoms with Crippen molar-refractivity contribution in [1.29, 1.82) is 0 Å². The van der Waals surface area contributed by atoms with Crippen molar-refractivity contribution < 1.29 is 22.5 Å². The van der Waals surface area contributed by atoms with Gasteiger partial charge in [-0.25, -0.2) is 0 Å². The molecule has 3 aromatic rings. The molecule has 0 bridgehead atoms. The molecule has 0 aliphatic rings. The number of benzene rings is 2. The van der Waals surface area contributed by atoms with Crippen molar-refractivity contribution in [3.8, 4) is 11.4 Å². The number of hydrogen-bond donors (Lipinski definition) is 1. The number of halogens is 5. The van der Waals surface area contributed by atoms with Gasteiger partial charge in [0.15, 0.2) is 0 Å². The van der Waals surface area contributed by atoms with E-state index >= 15 is 0 Å². The van der Waals surface area contributed by atoms with Crippen LogP contribution in [-0.4, -0.2) is 16.0 Å². The minimum Gasteiger partial charge on any atom is -0.339 e. The lowest BCUT2D eigenvalue weighted by Crippen LogP contribution is -2.12. The van der Waals surface area contributed by atoms with Gasteiger partial charge in [-0.15, -0.1) is 0 Å². The van der Waals surface area contributed by atoms with Crippen molar-refractivity contribution >= 4 is 34.8 Å². The Morgan fingerprint density at radius 1 is 1.11 bits per heavy atom. The Kier molecular flexibility index (Phi) is 5.90. The van der Waals surface area contributed by atoms with Crippen LogP contribution in [0.15, 0.2) is 47.0 Å². The van der Waals surface area contributed by atoms with Crippen LogP contribution in [-0.2, 0) is 17.4 Å². The number of alkyl halides is 3. The Balaban J connectivity index is 1.62. The van der Waals surface area contributed by atoms with Crippen molar-refractivity contribution in [3.63, 3.8) is 0 Å². The summed E-state index contributed by atoms with van der Waals surface area (Å²) >= 11 is 11.7. The number of nitrogens with one attached hydrogen (secondary N) is 1. The summed E-state index contributed by atoms with van der Waals surface area (Å²) in [6.07, 6.45) is -4.31. The average Bonchev–Trinajstić information content (AvgIpc) is 3.12. The van der Waals surface area contributed by atoms with Crippen LogP contribution in [0, 0.1) is 0 Å². The van der Waals surface area contributed by atoms with Crippen LogP contribution in [0.5, 0.6) is 0 Å². The molecule has 1 heterocycles. The standard InChI is InChI=1S/C18H12Cl2F3N3O2/c19-13-5-4-12(9-14(13)20)24-15(27)6-7-16-25-17(26-28-16)10-2-1-3-11(8-10)18(21,22)23/h1-5,8-9H,6-7H2,(H,24,27). The first-order valence-electron chi connectivity index (χ1n) is 7.97. The molecule has 0 spiro atoms. The predicted molar refractivity (Wildman–Crippen MR) is 98.1 cm³/mol. The SMILES string of the molecule is O=C(CCc1nc(-c2cccc(C(F)(F)F)c2)no1)Nc1ccc(Cl)c(Cl)c1. The minimum atomic E-state index is -4.47. The van der Waals surface area contributed by atoms with Gasteiger partial charge in [0.05, 0.1) is 15.6 Å². The second-order valence-electron chi connectivity index (χ2n) is 5.77. The highest BCUT2D eigenvalue weighted by Crippen LogP contribution is 2.31. The maximum atomic E-state index is 12.8. The van der Waals surface area contributed by atoms with Crippen molar-refractivity contribution in [2.75, 3.05) is 5.32 Å². The van der Waals surface area contributed by atoms with Gasteiger partial charge in [-0.1, -0.05) is 40.5 Å². The molecule has 2 aromatic carbocycles. The van der Waals surface area contributed by atoms with Gasteiger partial charge in [0, 0.05) is 24.1 Å². The van der Waals surface area contributed by atoms with E-state index < -0.39 is 11.7 Å². The molecule has 3 rings (SSSR count). The van der Waals surface area contributed by atoms with Crippen LogP contribution in [0.25, 0.3) is 11.4 Å². The molecule has 0 saturated heterocycles. The van der Waals surface area contributed by atoms with Gasteiger partial charge in [0.2, 0.25) is 17.6 Å². The van der Waals surface area contributed by atoms with Crippen molar-refractivity contribution in [2.45, 2.75) is 19.0 Å². The molecular weight excluding hydrogens is 418 g/mol. The number of amides is 1. The van der Waals surface area contributed by atoms with Crippen LogP contribution in [0.3, 0.4) is 0 Å². The van der Waals surface area contributed by atoms with Crippen LogP contribution >= 0.6 is 23.2 Å². The van der Waals surface area contributed by atoms with E-state index in [1.165, 1.54) is 18.2 Å². The molecule has 0 aliphatic carbocycles. The summed E-state index contributed by atoms with van der Waals surface area (Å²) < 4.78 is 43.4. The molecule has 0 saturated carbocycles. The van der Waals surface area contributed by atoms with E-state index in [1.54, 1.807) is 12.1 Å². The molecule has 0 aliphatic heterocycles. The summed E-state index contributed by atoms with van der Waals surface area (Å²) in [5.41, 5.74) is -0.156. The zero-order valence-electron chi connectivity index (χ0n) is 14.1. The summed E-state index contributed by atoms with van der Waals surface area (Å²) in [4.78, 5) is 16.1. The molecule has 0 unspecified atom stereocenters. The van der Waals surface area contributed by atoms with Crippen molar-refractivity contribution in [3.05, 3.63) is 64.0 Å². The molecule has 0 radical (unpaired) electrons. The third-order valence-corrected chi connectivity index (χ3v) is 4.42. The first kappa shape index (κ1) is 20.2. The topological polar surface area (TPSA) is 68.0 Å². The van der Waals surface area contributed by atoms with E-state index in [4.69, 9.17) is 27.7 Å². The summed E-state index contributed by atoms with van der Waals surface area (Å²) in [7, 11) is 0. The van der Waals surface area contributed by atoms with E-state index in [0.29, 0.717) is 15.7 Å². The molecule has 1 aromatic heterocycles. The highest BCUT2D eigenvalue weighted by Gasteiger charge is 2.30. The van der Waals surface area contributed by atoms with Gasteiger partial charge < -0.3 is 9.84 Å². The number of hydrogen-bond acceptors (Lipinski definition) is 4. The Labute approximate surface area is 167 Å². The van der Waals surface area contributed by atoms with E-state index in [2.05, 4.69) is 15.5 Å². The van der Waals surface area contributed by atoms with Gasteiger partial charge in [0.25, 0.3) is 0 Å². The fourth-order valence-electron chi connectivity index (χ4n) is 2.33. The van der Waals surface area contributed by atoms with Crippen LogP contribution < -0.4 is 5.32 Å². The highest BCUT2D eigenvalue weighted by atomic mass is 35.5. The highest BCUT2D eigenvalue weighted by molar-refractivity contribution is 6.42. The molecule has 146 valence electrons. The molecule has 28 heavy (non-hydrogen) atoms. The number of carbonyl (C=O) groups is 1. The normalized spacial score (nSPS) is 11.5. The number of aryl methyl sites for hydroxylation is 1. The zero-order valence-corrected chi connectivity index (χ0v) is 15.6. The monoisotopic (exact) mass is 429 g/mol. The molecule has 5 nitrogen and oxygen atoms in total. The van der Waals surface area contributed by atoms with Gasteiger partial charge in [-0.2, -0.15) is 18.2 Å². The Morgan fingerprint density at radius 2 is 1.89 bits per heavy atom. The summed E-state index contributed by atoms with van der Waals surface area (Å²) in [6, 6.07) is 9.27. The van der Waals surface area contributed by atoms with Gasteiger partial charge in [0.1, 0.15) is 0 Å². The Hall–Kier alpha value is -2.58. The first-order chi connectivity index (χ1) is 13.2. The van der Waals surface area contributed by atoms with Crippen LogP contribution in [0.1, 0.15) is 17.9 Å². The zero-order chi connectivity index (χ0) is 20.3. The lowest BCUT2D eigenvalue weighted by Gasteiger charge is -2.06. The second kappa shape index (κ2) is 8.20. The van der Waals surface area contributed by atoms with E-state index in [-0.39, 0.29) is 36.0 Å². The van der Waals surface area contributed by atoms with Crippen LogP contribution in [0.2, 0.25) is 10.0 Å². The smallest absolute Gasteiger partial charge is 0.339 e. The lowest BCUT2D eigenvalue weighted by atomic mass is 10.1. The molecule has 1 amide bonds. The molecule has 0 atom stereocenters. The predicted octanol–water partition coefficient (Wildman–Crippen LogP) is 5.63. The van der Waals surface area contributed by atoms with E-state index in [1.807, 2.05) is 0 Å². The molecule has 1 N–H and O–H groups in total. The Bertz CT molecular complexity index is 1010. The van der Waals surface area contributed by atoms with Gasteiger partial charge in [-0.3, -0.25) is 4.79 Å². The first-order valence-corrected chi connectivity index (χ1v) is 8.73. The fraction of sp³-hybridized carbons (Fsp3) is 0.167. The summed E-state index contributed by atoms with van der Waals surface area (Å²) in [5, 5.41) is 7.00. The quantitative estimate of drug-likeness (QED) is 0.570. The van der Waals surface area contributed by atoms with Crippen LogP contribution in [0.4, 0.5) is 18.9 Å². The molecule has 0 fully saturated rings. The fourth-order valence-corrected chi connectivity index (χ4v) is 2.62. The van der Waals surface area contributed by atoms with E-state index in [0.717, 1.165) is 12.1 Å². The molecular formula is C18H12Cl2F3N3O2. The summed E-state index contributed by atoms with van der Waals surface area (Å²) in [6.45, 7) is 0. The second-order valence-corrected chi connectivity index (χ2v) is 6.58. The minimum absolute atomic E-state index is 0.0194.